The maximum atomic E-state index is 13.8. The molecule has 5 rings (SSSR count). The van der Waals surface area contributed by atoms with Crippen LogP contribution in [0.25, 0.3) is 33.3 Å². The number of nitrogens with zero attached hydrogens (tertiary/aromatic N) is 2. The van der Waals surface area contributed by atoms with Crippen LogP contribution in [-0.2, 0) is 14.8 Å². The number of nitrogens with two attached hydrogens (primary N) is 1. The Morgan fingerprint density at radius 1 is 0.927 bits per heavy atom. The molecule has 0 aliphatic carbocycles. The highest BCUT2D eigenvalue weighted by molar-refractivity contribution is 7.90. The molecule has 2 heterocycles. The van der Waals surface area contributed by atoms with Gasteiger partial charge in [-0.25, -0.2) is 22.2 Å². The largest absolute Gasteiger partial charge is 0.496 e. The fourth-order valence-electron chi connectivity index (χ4n) is 4.57. The van der Waals surface area contributed by atoms with E-state index in [1.54, 1.807) is 82.7 Å². The second-order valence-corrected chi connectivity index (χ2v) is 12.6. The van der Waals surface area contributed by atoms with Gasteiger partial charge in [-0.1, -0.05) is 42.0 Å². The highest BCUT2D eigenvalue weighted by Gasteiger charge is 2.25. The maximum Gasteiger partial charge on any atom is 0.340 e. The van der Waals surface area contributed by atoms with Gasteiger partial charge >= 0.3 is 5.97 Å². The second-order valence-electron chi connectivity index (χ2n) is 10.8. The summed E-state index contributed by atoms with van der Waals surface area (Å²) >= 11 is 0. The van der Waals surface area contributed by atoms with Crippen LogP contribution >= 0.6 is 0 Å². The van der Waals surface area contributed by atoms with Gasteiger partial charge in [0.15, 0.2) is 5.65 Å². The number of nitrogen functional groups attached to an aromatic ring is 1. The molecule has 2 aromatic heterocycles. The highest BCUT2D eigenvalue weighted by atomic mass is 32.2. The van der Waals surface area contributed by atoms with Crippen molar-refractivity contribution in [3.05, 3.63) is 96.3 Å². The number of aryl methyl sites for hydroxylation is 1. The molecule has 0 aliphatic rings. The number of hydrogen-bond acceptors (Lipinski definition) is 7. The molecule has 0 amide bonds. The van der Waals surface area contributed by atoms with Gasteiger partial charge in [0.2, 0.25) is 0 Å². The van der Waals surface area contributed by atoms with Gasteiger partial charge in [-0.2, -0.15) is 0 Å². The van der Waals surface area contributed by atoms with Crippen molar-refractivity contribution >= 4 is 32.7 Å². The molecule has 210 valence electrons. The average Bonchev–Trinajstić information content (AvgIpc) is 3.32. The second kappa shape index (κ2) is 10.4. The third-order valence-electron chi connectivity index (χ3n) is 6.59. The number of rotatable bonds is 6. The number of esters is 1. The van der Waals surface area contributed by atoms with E-state index in [0.717, 1.165) is 5.56 Å². The molecule has 5 aromatic rings. The van der Waals surface area contributed by atoms with E-state index in [1.807, 2.05) is 37.3 Å². The van der Waals surface area contributed by atoms with Crippen LogP contribution in [0.1, 0.15) is 36.7 Å². The summed E-state index contributed by atoms with van der Waals surface area (Å²) in [6, 6.07) is 21.0. The Kier molecular flexibility index (Phi) is 7.08. The molecule has 0 aliphatic heterocycles. The molecule has 9 heteroatoms. The summed E-state index contributed by atoms with van der Waals surface area (Å²) in [5.41, 5.74) is 9.87. The van der Waals surface area contributed by atoms with Crippen molar-refractivity contribution in [3.8, 4) is 28.0 Å². The van der Waals surface area contributed by atoms with E-state index < -0.39 is 21.6 Å². The normalized spacial score (nSPS) is 11.9. The third-order valence-corrected chi connectivity index (χ3v) is 8.26. The zero-order valence-corrected chi connectivity index (χ0v) is 24.3. The van der Waals surface area contributed by atoms with Crippen molar-refractivity contribution in [3.63, 3.8) is 0 Å². The molecule has 0 saturated carbocycles. The van der Waals surface area contributed by atoms with Gasteiger partial charge in [0.25, 0.3) is 10.0 Å². The smallest absolute Gasteiger partial charge is 0.340 e. The minimum absolute atomic E-state index is 0.151. The molecule has 0 fully saturated rings. The molecule has 0 bridgehead atoms. The van der Waals surface area contributed by atoms with E-state index in [1.165, 1.54) is 3.97 Å². The first-order valence-electron chi connectivity index (χ1n) is 13.0. The number of methoxy groups -OCH3 is 1. The number of para-hydroxylation sites is 1. The van der Waals surface area contributed by atoms with E-state index in [4.69, 9.17) is 15.2 Å². The van der Waals surface area contributed by atoms with E-state index in [0.29, 0.717) is 39.1 Å². The lowest BCUT2D eigenvalue weighted by Crippen LogP contribution is -2.24. The molecule has 0 atom stereocenters. The minimum Gasteiger partial charge on any atom is -0.496 e. The Bertz CT molecular complexity index is 1890. The topological polar surface area (TPSA) is 114 Å². The highest BCUT2D eigenvalue weighted by Crippen LogP contribution is 2.39. The van der Waals surface area contributed by atoms with Gasteiger partial charge in [-0.3, -0.25) is 0 Å². The number of benzene rings is 3. The van der Waals surface area contributed by atoms with Gasteiger partial charge in [0.05, 0.1) is 17.6 Å². The van der Waals surface area contributed by atoms with E-state index in [9.17, 15) is 13.2 Å². The summed E-state index contributed by atoms with van der Waals surface area (Å²) < 4.78 is 40.0. The average molecular weight is 570 g/mol. The van der Waals surface area contributed by atoms with Crippen LogP contribution in [0.4, 0.5) is 5.69 Å². The molecule has 0 spiro atoms. The monoisotopic (exact) mass is 569 g/mol. The van der Waals surface area contributed by atoms with Gasteiger partial charge in [-0.15, -0.1) is 0 Å². The van der Waals surface area contributed by atoms with Gasteiger partial charge in [0.1, 0.15) is 11.4 Å². The first kappa shape index (κ1) is 27.9. The van der Waals surface area contributed by atoms with Crippen molar-refractivity contribution in [2.45, 2.75) is 38.2 Å². The van der Waals surface area contributed by atoms with Gasteiger partial charge in [0, 0.05) is 40.2 Å². The number of carbonyl (C=O) groups excluding carboxylic acids is 1. The standard InChI is InChI=1S/C32H31N3O5S/c1-20-10-13-23(14-11-20)41(37,38)35-19-27(24-8-6-7-9-29(24)39-5)25-17-22(18-34-30(25)35)21-12-15-28(33)26(16-21)31(36)40-32(2,3)4/h6-19H,33H2,1-5H3. The summed E-state index contributed by atoms with van der Waals surface area (Å²) in [6.45, 7) is 7.27. The van der Waals surface area contributed by atoms with Gasteiger partial charge in [-0.05, 0) is 69.7 Å². The lowest BCUT2D eigenvalue weighted by atomic mass is 10.00. The molecular formula is C32H31N3O5S. The number of carbonyl (C=O) groups is 1. The van der Waals surface area contributed by atoms with Crippen molar-refractivity contribution in [1.82, 2.24) is 8.96 Å². The SMILES string of the molecule is COc1ccccc1-c1cn(S(=O)(=O)c2ccc(C)cc2)c2ncc(-c3ccc(N)c(C(=O)OC(C)(C)C)c3)cc12. The first-order valence-corrected chi connectivity index (χ1v) is 14.4. The molecule has 0 saturated heterocycles. The van der Waals surface area contributed by atoms with E-state index in [-0.39, 0.29) is 16.1 Å². The Morgan fingerprint density at radius 2 is 1.63 bits per heavy atom. The minimum atomic E-state index is -3.97. The zero-order chi connectivity index (χ0) is 29.5. The maximum absolute atomic E-state index is 13.8. The summed E-state index contributed by atoms with van der Waals surface area (Å²) in [5.74, 6) is 0.0559. The number of pyridine rings is 1. The molecule has 8 nitrogen and oxygen atoms in total. The van der Waals surface area contributed by atoms with E-state index >= 15 is 0 Å². The molecule has 2 N–H and O–H groups in total. The number of fused-ring (bicyclic) bond motifs is 1. The fraction of sp³-hybridized carbons (Fsp3) is 0.188. The molecule has 3 aromatic carbocycles. The number of hydrogen-bond donors (Lipinski definition) is 1. The predicted octanol–water partition coefficient (Wildman–Crippen LogP) is 6.46. The van der Waals surface area contributed by atoms with Crippen LogP contribution in [0, 0.1) is 6.92 Å². The Balaban J connectivity index is 1.72. The first-order chi connectivity index (χ1) is 19.4. The van der Waals surface area contributed by atoms with Crippen molar-refractivity contribution in [2.75, 3.05) is 12.8 Å². The van der Waals surface area contributed by atoms with Crippen LogP contribution in [-0.4, -0.2) is 36.1 Å². The van der Waals surface area contributed by atoms with Crippen LogP contribution in [0.2, 0.25) is 0 Å². The van der Waals surface area contributed by atoms with Crippen LogP contribution in [0.3, 0.4) is 0 Å². The third kappa shape index (κ3) is 5.40. The molecule has 0 radical (unpaired) electrons. The Hall–Kier alpha value is -4.63. The molecular weight excluding hydrogens is 538 g/mol. The van der Waals surface area contributed by atoms with Gasteiger partial charge < -0.3 is 15.2 Å². The summed E-state index contributed by atoms with van der Waals surface area (Å²) in [6.07, 6.45) is 3.16. The summed E-state index contributed by atoms with van der Waals surface area (Å²) in [5, 5.41) is 0.596. The van der Waals surface area contributed by atoms with Crippen LogP contribution in [0.5, 0.6) is 5.75 Å². The number of anilines is 1. The van der Waals surface area contributed by atoms with Crippen LogP contribution in [0.15, 0.2) is 90.1 Å². The Morgan fingerprint density at radius 3 is 2.32 bits per heavy atom. The predicted molar refractivity (Wildman–Crippen MR) is 161 cm³/mol. The molecule has 41 heavy (non-hydrogen) atoms. The summed E-state index contributed by atoms with van der Waals surface area (Å²) in [7, 11) is -2.41. The lowest BCUT2D eigenvalue weighted by molar-refractivity contribution is 0.00708. The fourth-order valence-corrected chi connectivity index (χ4v) is 5.90. The summed E-state index contributed by atoms with van der Waals surface area (Å²) in [4.78, 5) is 17.6. The van der Waals surface area contributed by atoms with Crippen molar-refractivity contribution < 1.29 is 22.7 Å². The Labute approximate surface area is 239 Å². The van der Waals surface area contributed by atoms with E-state index in [2.05, 4.69) is 4.98 Å². The molecule has 0 unspecified atom stereocenters. The lowest BCUT2D eigenvalue weighted by Gasteiger charge is -2.20. The zero-order valence-electron chi connectivity index (χ0n) is 23.5. The van der Waals surface area contributed by atoms with Crippen molar-refractivity contribution in [1.29, 1.82) is 0 Å². The number of aromatic nitrogens is 2. The number of ether oxygens (including phenoxy) is 2. The van der Waals surface area contributed by atoms with Crippen molar-refractivity contribution in [2.24, 2.45) is 0 Å². The van der Waals surface area contributed by atoms with Crippen LogP contribution < -0.4 is 10.5 Å². The quantitative estimate of drug-likeness (QED) is 0.184.